The van der Waals surface area contributed by atoms with Gasteiger partial charge >= 0.3 is 5.97 Å². The number of ether oxygens (including phenoxy) is 2. The van der Waals surface area contributed by atoms with Crippen LogP contribution in [0.3, 0.4) is 0 Å². The number of nitrogens with zero attached hydrogens (tertiary/aromatic N) is 1. The van der Waals surface area contributed by atoms with Crippen LogP contribution in [0.15, 0.2) is 42.5 Å². The first-order valence-corrected chi connectivity index (χ1v) is 13.1. The highest BCUT2D eigenvalue weighted by Crippen LogP contribution is 2.34. The molecule has 0 amide bonds. The molecule has 0 aliphatic carbocycles. The zero-order valence-electron chi connectivity index (χ0n) is 20.1. The number of rotatable bonds is 10. The van der Waals surface area contributed by atoms with Gasteiger partial charge < -0.3 is 25.6 Å². The number of carbonyl (C=O) groups is 1. The first-order valence-electron chi connectivity index (χ1n) is 11.3. The largest absolute Gasteiger partial charge is 0.494 e. The highest BCUT2D eigenvalue weighted by molar-refractivity contribution is 7.88. The molecule has 1 aliphatic heterocycles. The molecule has 0 saturated carbocycles. The normalized spacial score (nSPS) is 16.8. The molecule has 11 heteroatoms. The Bertz CT molecular complexity index is 1180. The predicted octanol–water partition coefficient (Wildman–Crippen LogP) is 2.58. The van der Waals surface area contributed by atoms with Crippen molar-refractivity contribution in [3.05, 3.63) is 53.6 Å². The van der Waals surface area contributed by atoms with Gasteiger partial charge in [-0.25, -0.2) is 17.5 Å². The lowest BCUT2D eigenvalue weighted by molar-refractivity contribution is -0.142. The Hall–Kier alpha value is -3.31. The Balaban J connectivity index is 1.88. The number of nitrogen functional groups attached to an aromatic ring is 1. The van der Waals surface area contributed by atoms with Crippen molar-refractivity contribution in [2.24, 2.45) is 5.73 Å². The SMILES string of the molecule is CCOc1cc(OC2CCN(S(C)(=O)=O)CC2)cc(C(C)(Nc2ccc(C(=N)N)cc2)C(=O)O)c1. The molecule has 1 unspecified atom stereocenters. The number of hydrogen-bond donors (Lipinski definition) is 4. The van der Waals surface area contributed by atoms with E-state index >= 15 is 0 Å². The van der Waals surface area contributed by atoms with Gasteiger partial charge in [-0.2, -0.15) is 0 Å². The van der Waals surface area contributed by atoms with Crippen molar-refractivity contribution < 1.29 is 27.8 Å². The average Bonchev–Trinajstić information content (AvgIpc) is 2.79. The number of carboxylic acids is 1. The van der Waals surface area contributed by atoms with Crippen LogP contribution in [-0.2, 0) is 20.4 Å². The van der Waals surface area contributed by atoms with E-state index in [0.29, 0.717) is 60.9 Å². The van der Waals surface area contributed by atoms with Gasteiger partial charge in [0, 0.05) is 30.4 Å². The summed E-state index contributed by atoms with van der Waals surface area (Å²) in [4.78, 5) is 12.4. The van der Waals surface area contributed by atoms with Gasteiger partial charge in [-0.3, -0.25) is 5.41 Å². The van der Waals surface area contributed by atoms with Crippen LogP contribution >= 0.6 is 0 Å². The lowest BCUT2D eigenvalue weighted by atomic mass is 9.91. The van der Waals surface area contributed by atoms with Gasteiger partial charge in [0.25, 0.3) is 0 Å². The molecule has 2 aromatic rings. The summed E-state index contributed by atoms with van der Waals surface area (Å²) in [5.41, 5.74) is 5.48. The summed E-state index contributed by atoms with van der Waals surface area (Å²) in [6.45, 7) is 4.50. The quantitative estimate of drug-likeness (QED) is 0.284. The Kier molecular flexibility index (Phi) is 7.91. The number of amidine groups is 1. The topological polar surface area (TPSA) is 155 Å². The van der Waals surface area contributed by atoms with E-state index in [1.54, 1.807) is 49.4 Å². The van der Waals surface area contributed by atoms with Gasteiger partial charge in [-0.1, -0.05) is 0 Å². The molecule has 1 atom stereocenters. The summed E-state index contributed by atoms with van der Waals surface area (Å²) >= 11 is 0. The smallest absolute Gasteiger partial charge is 0.333 e. The van der Waals surface area contributed by atoms with Crippen LogP contribution in [0.4, 0.5) is 5.69 Å². The van der Waals surface area contributed by atoms with E-state index in [9.17, 15) is 18.3 Å². The highest BCUT2D eigenvalue weighted by Gasteiger charge is 2.36. The van der Waals surface area contributed by atoms with Crippen molar-refractivity contribution in [2.75, 3.05) is 31.3 Å². The van der Waals surface area contributed by atoms with Gasteiger partial charge in [-0.15, -0.1) is 0 Å². The van der Waals surface area contributed by atoms with Gasteiger partial charge in [0.15, 0.2) is 5.54 Å². The molecule has 1 fully saturated rings. The minimum absolute atomic E-state index is 0.0777. The number of piperidine rings is 1. The number of benzene rings is 2. The number of nitrogens with two attached hydrogens (primary N) is 1. The third-order valence-corrected chi connectivity index (χ3v) is 7.26. The maximum atomic E-state index is 12.4. The van der Waals surface area contributed by atoms with Crippen molar-refractivity contribution in [3.63, 3.8) is 0 Å². The summed E-state index contributed by atoms with van der Waals surface area (Å²) < 4.78 is 36.8. The second kappa shape index (κ2) is 10.5. The zero-order chi connectivity index (χ0) is 25.8. The molecule has 0 aromatic heterocycles. The molecule has 3 rings (SSSR count). The fraction of sp³-hybridized carbons (Fsp3) is 0.417. The van der Waals surface area contributed by atoms with Crippen LogP contribution in [-0.4, -0.2) is 61.7 Å². The summed E-state index contributed by atoms with van der Waals surface area (Å²) in [5, 5.41) is 20.8. The fourth-order valence-corrected chi connectivity index (χ4v) is 4.80. The Morgan fingerprint density at radius 3 is 2.31 bits per heavy atom. The maximum Gasteiger partial charge on any atom is 0.333 e. The minimum atomic E-state index is -3.24. The van der Waals surface area contributed by atoms with Crippen LogP contribution in [0.2, 0.25) is 0 Å². The second-order valence-corrected chi connectivity index (χ2v) is 10.6. The van der Waals surface area contributed by atoms with Crippen LogP contribution in [0, 0.1) is 5.41 Å². The number of nitrogens with one attached hydrogen (secondary N) is 2. The number of carboxylic acid groups (broad SMARTS) is 1. The summed E-state index contributed by atoms with van der Waals surface area (Å²) in [6, 6.07) is 11.6. The van der Waals surface area contributed by atoms with Crippen molar-refractivity contribution in [1.82, 2.24) is 4.31 Å². The fourth-order valence-electron chi connectivity index (χ4n) is 3.92. The Labute approximate surface area is 205 Å². The van der Waals surface area contributed by atoms with Gasteiger partial charge in [-0.05, 0) is 68.7 Å². The summed E-state index contributed by atoms with van der Waals surface area (Å²) in [6.07, 6.45) is 2.04. The molecule has 1 aliphatic rings. The molecule has 10 nitrogen and oxygen atoms in total. The molecule has 0 radical (unpaired) electrons. The van der Waals surface area contributed by atoms with Crippen LogP contribution in [0.1, 0.15) is 37.8 Å². The first-order chi connectivity index (χ1) is 16.4. The first kappa shape index (κ1) is 26.3. The standard InChI is InChI=1S/C24H32N4O6S/c1-4-33-20-13-17(14-21(15-20)34-19-9-11-28(12-10-19)35(3,31)32)24(2,23(29)30)27-18-7-5-16(6-8-18)22(25)26/h5-8,13-15,19,27H,4,9-12H2,1-3H3,(H3,25,26)(H,29,30). The number of hydrogen-bond acceptors (Lipinski definition) is 7. The summed E-state index contributed by atoms with van der Waals surface area (Å²) in [5.74, 6) is -0.264. The third-order valence-electron chi connectivity index (χ3n) is 5.96. The van der Waals surface area contributed by atoms with Crippen molar-refractivity contribution in [1.29, 1.82) is 5.41 Å². The second-order valence-electron chi connectivity index (χ2n) is 8.65. The van der Waals surface area contributed by atoms with Gasteiger partial charge in [0.2, 0.25) is 10.0 Å². The molecule has 0 spiro atoms. The molecule has 190 valence electrons. The summed E-state index contributed by atoms with van der Waals surface area (Å²) in [7, 11) is -3.24. The van der Waals surface area contributed by atoms with E-state index < -0.39 is 21.5 Å². The monoisotopic (exact) mass is 504 g/mol. The average molecular weight is 505 g/mol. The van der Waals surface area contributed by atoms with Crippen molar-refractivity contribution in [2.45, 2.75) is 38.3 Å². The van der Waals surface area contributed by atoms with Crippen LogP contribution in [0.25, 0.3) is 0 Å². The molecule has 2 aromatic carbocycles. The third kappa shape index (κ3) is 6.43. The molecular weight excluding hydrogens is 472 g/mol. The molecule has 1 saturated heterocycles. The van der Waals surface area contributed by atoms with Crippen molar-refractivity contribution in [3.8, 4) is 11.5 Å². The predicted molar refractivity (Wildman–Crippen MR) is 134 cm³/mol. The molecule has 1 heterocycles. The molecular formula is C24H32N4O6S. The van der Waals surface area contributed by atoms with E-state index in [0.717, 1.165) is 0 Å². The van der Waals surface area contributed by atoms with E-state index in [1.165, 1.54) is 10.6 Å². The highest BCUT2D eigenvalue weighted by atomic mass is 32.2. The zero-order valence-corrected chi connectivity index (χ0v) is 20.9. The number of aliphatic carboxylic acids is 1. The van der Waals surface area contributed by atoms with Gasteiger partial charge in [0.1, 0.15) is 23.4 Å². The minimum Gasteiger partial charge on any atom is -0.494 e. The van der Waals surface area contributed by atoms with E-state index in [2.05, 4.69) is 5.32 Å². The molecule has 35 heavy (non-hydrogen) atoms. The number of sulfonamides is 1. The molecule has 0 bridgehead atoms. The van der Waals surface area contributed by atoms with E-state index in [-0.39, 0.29) is 11.9 Å². The molecule has 5 N–H and O–H groups in total. The Morgan fingerprint density at radius 1 is 1.20 bits per heavy atom. The lowest BCUT2D eigenvalue weighted by Crippen LogP contribution is -2.41. The lowest BCUT2D eigenvalue weighted by Gasteiger charge is -2.32. The van der Waals surface area contributed by atoms with Crippen LogP contribution < -0.4 is 20.5 Å². The Morgan fingerprint density at radius 2 is 1.80 bits per heavy atom. The van der Waals surface area contributed by atoms with Gasteiger partial charge in [0.05, 0.1) is 12.9 Å². The van der Waals surface area contributed by atoms with E-state index in [4.69, 9.17) is 20.6 Å². The van der Waals surface area contributed by atoms with Crippen LogP contribution in [0.5, 0.6) is 11.5 Å². The maximum absolute atomic E-state index is 12.4. The van der Waals surface area contributed by atoms with E-state index in [1.807, 2.05) is 6.92 Å². The number of anilines is 1. The van der Waals surface area contributed by atoms with Crippen molar-refractivity contribution >= 4 is 27.5 Å².